The summed E-state index contributed by atoms with van der Waals surface area (Å²) in [7, 11) is -3.92. The standard InChI is InChI=1S/C21H21F3N2O2S.ClH/c1-2-26-19-8-7-16(13-18(19)17-9-11-25-12-10-20(17)26)29(27,28)15-5-3-14(4-6-15)21(22,23)24;/h3-8,13,25H,2,9-12H2,1H3;1H. The van der Waals surface area contributed by atoms with E-state index >= 15 is 0 Å². The molecule has 0 atom stereocenters. The van der Waals surface area contributed by atoms with Crippen LogP contribution in [0.2, 0.25) is 0 Å². The minimum absolute atomic E-state index is 0. The summed E-state index contributed by atoms with van der Waals surface area (Å²) in [5, 5.41) is 4.26. The second kappa shape index (κ2) is 8.24. The summed E-state index contributed by atoms with van der Waals surface area (Å²) in [5.41, 5.74) is 2.49. The molecule has 2 aromatic carbocycles. The van der Waals surface area contributed by atoms with Crippen molar-refractivity contribution in [1.82, 2.24) is 9.88 Å². The van der Waals surface area contributed by atoms with Crippen LogP contribution in [0.1, 0.15) is 23.7 Å². The molecule has 9 heteroatoms. The topological polar surface area (TPSA) is 51.1 Å². The van der Waals surface area contributed by atoms with Crippen molar-refractivity contribution in [2.24, 2.45) is 0 Å². The Morgan fingerprint density at radius 1 is 1.00 bits per heavy atom. The van der Waals surface area contributed by atoms with E-state index in [1.165, 1.54) is 5.69 Å². The molecule has 0 amide bonds. The van der Waals surface area contributed by atoms with Crippen molar-refractivity contribution in [3.8, 4) is 0 Å². The van der Waals surface area contributed by atoms with Gasteiger partial charge in [0.05, 0.1) is 15.4 Å². The van der Waals surface area contributed by atoms with Gasteiger partial charge in [0.15, 0.2) is 0 Å². The summed E-state index contributed by atoms with van der Waals surface area (Å²) in [5.74, 6) is 0. The highest BCUT2D eigenvalue weighted by molar-refractivity contribution is 7.91. The first-order valence-corrected chi connectivity index (χ1v) is 11.0. The zero-order valence-corrected chi connectivity index (χ0v) is 17.9. The van der Waals surface area contributed by atoms with Crippen LogP contribution in [0.4, 0.5) is 13.2 Å². The first-order chi connectivity index (χ1) is 13.7. The maximum atomic E-state index is 13.1. The SMILES string of the molecule is CCn1c2c(c3cc(S(=O)(=O)c4ccc(C(F)(F)F)cc4)ccc31)CCNCC2.Cl. The molecule has 4 rings (SSSR count). The molecule has 4 nitrogen and oxygen atoms in total. The average molecular weight is 459 g/mol. The largest absolute Gasteiger partial charge is 0.416 e. The molecule has 30 heavy (non-hydrogen) atoms. The maximum absolute atomic E-state index is 13.1. The van der Waals surface area contributed by atoms with Crippen LogP contribution in [-0.4, -0.2) is 26.1 Å². The van der Waals surface area contributed by atoms with Crippen molar-refractivity contribution in [2.75, 3.05) is 13.1 Å². The van der Waals surface area contributed by atoms with Gasteiger partial charge in [0, 0.05) is 36.1 Å². The number of hydrogen-bond donors (Lipinski definition) is 1. The lowest BCUT2D eigenvalue weighted by Crippen LogP contribution is -2.17. The fourth-order valence-corrected chi connectivity index (χ4v) is 5.34. The normalized spacial score (nSPS) is 14.8. The van der Waals surface area contributed by atoms with Gasteiger partial charge in [-0.05, 0) is 67.9 Å². The van der Waals surface area contributed by atoms with Gasteiger partial charge in [0.25, 0.3) is 0 Å². The number of halogens is 4. The molecule has 2 heterocycles. The molecule has 1 aliphatic rings. The van der Waals surface area contributed by atoms with E-state index in [0.29, 0.717) is 0 Å². The van der Waals surface area contributed by atoms with Crippen LogP contribution in [0.5, 0.6) is 0 Å². The molecule has 0 spiro atoms. The summed E-state index contributed by atoms with van der Waals surface area (Å²) in [6.45, 7) is 4.55. The Balaban J connectivity index is 0.00000256. The Bertz CT molecular complexity index is 1170. The van der Waals surface area contributed by atoms with Gasteiger partial charge in [-0.2, -0.15) is 13.2 Å². The van der Waals surface area contributed by atoms with E-state index in [2.05, 4.69) is 16.8 Å². The van der Waals surface area contributed by atoms with Gasteiger partial charge in [-0.1, -0.05) is 0 Å². The van der Waals surface area contributed by atoms with Gasteiger partial charge in [0.2, 0.25) is 9.84 Å². The van der Waals surface area contributed by atoms with Crippen molar-refractivity contribution < 1.29 is 21.6 Å². The van der Waals surface area contributed by atoms with E-state index in [9.17, 15) is 21.6 Å². The summed E-state index contributed by atoms with van der Waals surface area (Å²) >= 11 is 0. The number of sulfone groups is 1. The lowest BCUT2D eigenvalue weighted by molar-refractivity contribution is -0.137. The molecule has 0 aliphatic carbocycles. The van der Waals surface area contributed by atoms with Crippen molar-refractivity contribution >= 4 is 33.1 Å². The third kappa shape index (κ3) is 3.84. The van der Waals surface area contributed by atoms with Crippen LogP contribution in [0.15, 0.2) is 52.3 Å². The van der Waals surface area contributed by atoms with Crippen LogP contribution in [0.25, 0.3) is 10.9 Å². The van der Waals surface area contributed by atoms with E-state index in [1.807, 2.05) is 0 Å². The zero-order chi connectivity index (χ0) is 20.8. The molecule has 3 aromatic rings. The molecular formula is C21H22ClF3N2O2S. The van der Waals surface area contributed by atoms with Crippen molar-refractivity contribution in [1.29, 1.82) is 0 Å². The molecule has 0 fully saturated rings. The van der Waals surface area contributed by atoms with E-state index in [1.54, 1.807) is 18.2 Å². The smallest absolute Gasteiger partial charge is 0.345 e. The first kappa shape index (κ1) is 22.7. The Kier molecular flexibility index (Phi) is 6.23. The highest BCUT2D eigenvalue weighted by Gasteiger charge is 2.31. The second-order valence-corrected chi connectivity index (χ2v) is 9.07. The fourth-order valence-electron chi connectivity index (χ4n) is 4.05. The number of fused-ring (bicyclic) bond motifs is 3. The number of nitrogens with zero attached hydrogens (tertiary/aromatic N) is 1. The van der Waals surface area contributed by atoms with E-state index in [-0.39, 0.29) is 22.2 Å². The number of nitrogens with one attached hydrogen (secondary N) is 1. The van der Waals surface area contributed by atoms with Crippen molar-refractivity contribution in [2.45, 2.75) is 42.3 Å². The molecule has 0 unspecified atom stereocenters. The molecule has 0 saturated heterocycles. The van der Waals surface area contributed by atoms with Gasteiger partial charge in [-0.25, -0.2) is 8.42 Å². The van der Waals surface area contributed by atoms with Gasteiger partial charge in [-0.15, -0.1) is 12.4 Å². The molecule has 1 N–H and O–H groups in total. The maximum Gasteiger partial charge on any atom is 0.416 e. The number of aromatic nitrogens is 1. The lowest BCUT2D eigenvalue weighted by Gasteiger charge is -2.10. The summed E-state index contributed by atoms with van der Waals surface area (Å²) in [6, 6.07) is 8.65. The third-order valence-corrected chi connectivity index (χ3v) is 7.23. The number of hydrogen-bond acceptors (Lipinski definition) is 3. The monoisotopic (exact) mass is 458 g/mol. The Hall–Kier alpha value is -2.03. The molecule has 0 radical (unpaired) electrons. The predicted octanol–water partition coefficient (Wildman–Crippen LogP) is 4.62. The summed E-state index contributed by atoms with van der Waals surface area (Å²) in [4.78, 5) is -0.0504. The minimum atomic E-state index is -4.50. The van der Waals surface area contributed by atoms with Crippen molar-refractivity contribution in [3.05, 3.63) is 59.3 Å². The molecule has 0 saturated carbocycles. The quantitative estimate of drug-likeness (QED) is 0.623. The van der Waals surface area contributed by atoms with Crippen LogP contribution >= 0.6 is 12.4 Å². The first-order valence-electron chi connectivity index (χ1n) is 9.50. The predicted molar refractivity (Wildman–Crippen MR) is 112 cm³/mol. The zero-order valence-electron chi connectivity index (χ0n) is 16.3. The number of benzene rings is 2. The van der Waals surface area contributed by atoms with E-state index < -0.39 is 21.6 Å². The molecule has 162 valence electrons. The molecule has 1 aliphatic heterocycles. The third-order valence-electron chi connectivity index (χ3n) is 5.47. The van der Waals surface area contributed by atoms with Crippen LogP contribution < -0.4 is 5.32 Å². The van der Waals surface area contributed by atoms with E-state index in [0.717, 1.165) is 73.2 Å². The minimum Gasteiger partial charge on any atom is -0.345 e. The molecule has 0 bridgehead atoms. The Morgan fingerprint density at radius 3 is 2.27 bits per heavy atom. The van der Waals surface area contributed by atoms with Crippen LogP contribution in [0.3, 0.4) is 0 Å². The highest BCUT2D eigenvalue weighted by Crippen LogP contribution is 2.33. The van der Waals surface area contributed by atoms with Crippen LogP contribution in [-0.2, 0) is 35.4 Å². The van der Waals surface area contributed by atoms with Crippen molar-refractivity contribution in [3.63, 3.8) is 0 Å². The lowest BCUT2D eigenvalue weighted by atomic mass is 10.1. The fraction of sp³-hybridized carbons (Fsp3) is 0.333. The van der Waals surface area contributed by atoms with Gasteiger partial charge in [0.1, 0.15) is 0 Å². The number of aryl methyl sites for hydroxylation is 1. The Labute approximate surface area is 179 Å². The molecule has 1 aromatic heterocycles. The number of rotatable bonds is 3. The Morgan fingerprint density at radius 2 is 1.63 bits per heavy atom. The number of alkyl halides is 3. The van der Waals surface area contributed by atoms with Crippen LogP contribution in [0, 0.1) is 0 Å². The average Bonchev–Trinajstić information content (AvgIpc) is 2.82. The van der Waals surface area contributed by atoms with Gasteiger partial charge >= 0.3 is 6.18 Å². The van der Waals surface area contributed by atoms with Gasteiger partial charge < -0.3 is 9.88 Å². The summed E-state index contributed by atoms with van der Waals surface area (Å²) in [6.07, 6.45) is -2.82. The molecular weight excluding hydrogens is 437 g/mol. The van der Waals surface area contributed by atoms with Gasteiger partial charge in [-0.3, -0.25) is 0 Å². The van der Waals surface area contributed by atoms with E-state index in [4.69, 9.17) is 0 Å². The second-order valence-electron chi connectivity index (χ2n) is 7.12. The highest BCUT2D eigenvalue weighted by atomic mass is 35.5. The summed E-state index contributed by atoms with van der Waals surface area (Å²) < 4.78 is 66.7.